The highest BCUT2D eigenvalue weighted by molar-refractivity contribution is 6.05. The second-order valence-corrected chi connectivity index (χ2v) is 5.81. The summed E-state index contributed by atoms with van der Waals surface area (Å²) in [6, 6.07) is 3.31. The third-order valence-corrected chi connectivity index (χ3v) is 3.00. The number of carboxylic acid groups (broad SMARTS) is 1. The number of ether oxygens (including phenoxy) is 1. The average molecular weight is 275 g/mol. The van der Waals surface area contributed by atoms with Crippen LogP contribution >= 0.6 is 0 Å². The fourth-order valence-electron chi connectivity index (χ4n) is 1.94. The van der Waals surface area contributed by atoms with Gasteiger partial charge >= 0.3 is 11.9 Å². The molecule has 0 fully saturated rings. The molecule has 2 aromatic rings. The van der Waals surface area contributed by atoms with Gasteiger partial charge in [0.25, 0.3) is 0 Å². The number of rotatable bonds is 2. The van der Waals surface area contributed by atoms with Gasteiger partial charge in [-0.05, 0) is 39.3 Å². The van der Waals surface area contributed by atoms with Crippen LogP contribution in [-0.2, 0) is 4.79 Å². The lowest BCUT2D eigenvalue weighted by molar-refractivity contribution is -0.142. The zero-order valence-electron chi connectivity index (χ0n) is 11.9. The van der Waals surface area contributed by atoms with E-state index in [0.717, 1.165) is 5.56 Å². The molecule has 0 unspecified atom stereocenters. The summed E-state index contributed by atoms with van der Waals surface area (Å²) in [6.07, 6.45) is 1.44. The van der Waals surface area contributed by atoms with Crippen molar-refractivity contribution in [3.05, 3.63) is 29.5 Å². The van der Waals surface area contributed by atoms with E-state index in [4.69, 9.17) is 9.84 Å². The molecule has 5 nitrogen and oxygen atoms in total. The van der Waals surface area contributed by atoms with Crippen LogP contribution < -0.4 is 4.74 Å². The molecule has 1 aromatic carbocycles. The molecule has 1 aromatic heterocycles. The van der Waals surface area contributed by atoms with Gasteiger partial charge in [0, 0.05) is 17.6 Å². The second-order valence-electron chi connectivity index (χ2n) is 5.81. The number of nitrogens with one attached hydrogen (secondary N) is 1. The zero-order valence-corrected chi connectivity index (χ0v) is 11.9. The van der Waals surface area contributed by atoms with Crippen LogP contribution in [0.5, 0.6) is 5.75 Å². The molecule has 5 heteroatoms. The summed E-state index contributed by atoms with van der Waals surface area (Å²) >= 11 is 0. The van der Waals surface area contributed by atoms with Gasteiger partial charge in [0.05, 0.1) is 16.5 Å². The molecule has 0 aliphatic rings. The predicted octanol–water partition coefficient (Wildman–Crippen LogP) is 3.13. The van der Waals surface area contributed by atoms with Crippen LogP contribution in [0.3, 0.4) is 0 Å². The van der Waals surface area contributed by atoms with Crippen LogP contribution in [0.1, 0.15) is 36.7 Å². The van der Waals surface area contributed by atoms with Crippen molar-refractivity contribution in [1.82, 2.24) is 4.98 Å². The van der Waals surface area contributed by atoms with Crippen molar-refractivity contribution in [2.45, 2.75) is 27.7 Å². The molecular formula is C15H17NO4. The van der Waals surface area contributed by atoms with Crippen LogP contribution in [0.15, 0.2) is 18.3 Å². The number of esters is 1. The van der Waals surface area contributed by atoms with Crippen molar-refractivity contribution in [3.8, 4) is 5.75 Å². The van der Waals surface area contributed by atoms with E-state index in [1.165, 1.54) is 6.20 Å². The quantitative estimate of drug-likeness (QED) is 0.652. The maximum absolute atomic E-state index is 11.9. The molecule has 0 saturated heterocycles. The van der Waals surface area contributed by atoms with E-state index >= 15 is 0 Å². The fourth-order valence-corrected chi connectivity index (χ4v) is 1.94. The van der Waals surface area contributed by atoms with Crippen molar-refractivity contribution in [2.24, 2.45) is 5.41 Å². The Morgan fingerprint density at radius 2 is 1.90 bits per heavy atom. The summed E-state index contributed by atoms with van der Waals surface area (Å²) in [6.45, 7) is 7.12. The molecule has 2 N–H and O–H groups in total. The third-order valence-electron chi connectivity index (χ3n) is 3.00. The summed E-state index contributed by atoms with van der Waals surface area (Å²) in [5, 5.41) is 9.74. The standard InChI is InChI=1S/C15H17NO4/c1-8-5-9(20-14(19)15(2,3)4)6-11-12(8)10(7-16-11)13(17)18/h5-7,16H,1-4H3,(H,17,18). The van der Waals surface area contributed by atoms with Gasteiger partial charge in [0.1, 0.15) is 5.75 Å². The summed E-state index contributed by atoms with van der Waals surface area (Å²) in [5.74, 6) is -0.909. The number of carboxylic acids is 1. The van der Waals surface area contributed by atoms with E-state index in [0.29, 0.717) is 16.7 Å². The minimum absolute atomic E-state index is 0.214. The van der Waals surface area contributed by atoms with Gasteiger partial charge in [-0.15, -0.1) is 0 Å². The van der Waals surface area contributed by atoms with Crippen molar-refractivity contribution in [3.63, 3.8) is 0 Å². The van der Waals surface area contributed by atoms with Gasteiger partial charge < -0.3 is 14.8 Å². The Morgan fingerprint density at radius 3 is 2.45 bits per heavy atom. The number of aryl methyl sites for hydroxylation is 1. The molecule has 0 radical (unpaired) electrons. The lowest BCUT2D eigenvalue weighted by atomic mass is 9.97. The van der Waals surface area contributed by atoms with Crippen molar-refractivity contribution in [2.75, 3.05) is 0 Å². The summed E-state index contributed by atoms with van der Waals surface area (Å²) in [4.78, 5) is 25.9. The van der Waals surface area contributed by atoms with Gasteiger partial charge in [0.2, 0.25) is 0 Å². The normalized spacial score (nSPS) is 11.6. The molecule has 2 rings (SSSR count). The van der Waals surface area contributed by atoms with Gasteiger partial charge in [-0.1, -0.05) is 0 Å². The number of aromatic carboxylic acids is 1. The maximum Gasteiger partial charge on any atom is 0.337 e. The molecule has 0 amide bonds. The van der Waals surface area contributed by atoms with E-state index in [-0.39, 0.29) is 11.5 Å². The largest absolute Gasteiger partial charge is 0.478 e. The monoisotopic (exact) mass is 275 g/mol. The molecule has 1 heterocycles. The number of H-pyrrole nitrogens is 1. The Hall–Kier alpha value is -2.30. The third kappa shape index (κ3) is 2.52. The van der Waals surface area contributed by atoms with Gasteiger partial charge in [-0.3, -0.25) is 4.79 Å². The molecule has 0 bridgehead atoms. The molecular weight excluding hydrogens is 258 g/mol. The Kier molecular flexibility index (Phi) is 3.29. The van der Waals surface area contributed by atoms with E-state index in [1.54, 1.807) is 39.8 Å². The van der Waals surface area contributed by atoms with Gasteiger partial charge in [-0.25, -0.2) is 4.79 Å². The van der Waals surface area contributed by atoms with Crippen molar-refractivity contribution in [1.29, 1.82) is 0 Å². The number of fused-ring (bicyclic) bond motifs is 1. The van der Waals surface area contributed by atoms with Crippen molar-refractivity contribution < 1.29 is 19.4 Å². The number of carbonyl (C=O) groups excluding carboxylic acids is 1. The van der Waals surface area contributed by atoms with Crippen LogP contribution in [0.2, 0.25) is 0 Å². The van der Waals surface area contributed by atoms with E-state index in [1.807, 2.05) is 0 Å². The highest BCUT2D eigenvalue weighted by Crippen LogP contribution is 2.29. The fraction of sp³-hybridized carbons (Fsp3) is 0.333. The number of carbonyl (C=O) groups is 2. The van der Waals surface area contributed by atoms with Gasteiger partial charge in [0.15, 0.2) is 0 Å². The van der Waals surface area contributed by atoms with Crippen LogP contribution in [0.4, 0.5) is 0 Å². The molecule has 0 saturated carbocycles. The minimum Gasteiger partial charge on any atom is -0.478 e. The Balaban J connectivity index is 2.45. The zero-order chi connectivity index (χ0) is 15.1. The Labute approximate surface area is 116 Å². The molecule has 0 atom stereocenters. The predicted molar refractivity (Wildman–Crippen MR) is 75.1 cm³/mol. The van der Waals surface area contributed by atoms with Gasteiger partial charge in [-0.2, -0.15) is 0 Å². The van der Waals surface area contributed by atoms with Crippen LogP contribution in [0.25, 0.3) is 10.9 Å². The van der Waals surface area contributed by atoms with E-state index < -0.39 is 11.4 Å². The summed E-state index contributed by atoms with van der Waals surface area (Å²) < 4.78 is 5.33. The number of aromatic nitrogens is 1. The maximum atomic E-state index is 11.9. The highest BCUT2D eigenvalue weighted by Gasteiger charge is 2.24. The van der Waals surface area contributed by atoms with E-state index in [9.17, 15) is 9.59 Å². The molecule has 0 aliphatic heterocycles. The molecule has 106 valence electrons. The Bertz CT molecular complexity index is 692. The topological polar surface area (TPSA) is 79.4 Å². The number of aromatic amines is 1. The van der Waals surface area contributed by atoms with Crippen LogP contribution in [0, 0.1) is 12.3 Å². The SMILES string of the molecule is Cc1cc(OC(=O)C(C)(C)C)cc2[nH]cc(C(=O)O)c12. The first-order chi connectivity index (χ1) is 9.20. The van der Waals surface area contributed by atoms with Crippen LogP contribution in [-0.4, -0.2) is 22.0 Å². The molecule has 0 spiro atoms. The molecule has 0 aliphatic carbocycles. The second kappa shape index (κ2) is 4.67. The average Bonchev–Trinajstić information content (AvgIpc) is 2.71. The minimum atomic E-state index is -0.987. The van der Waals surface area contributed by atoms with Crippen molar-refractivity contribution >= 4 is 22.8 Å². The molecule has 20 heavy (non-hydrogen) atoms. The first-order valence-electron chi connectivity index (χ1n) is 6.27. The lowest BCUT2D eigenvalue weighted by Gasteiger charge is -2.16. The smallest absolute Gasteiger partial charge is 0.337 e. The summed E-state index contributed by atoms with van der Waals surface area (Å²) in [5.41, 5.74) is 1.01. The number of benzene rings is 1. The number of hydrogen-bond acceptors (Lipinski definition) is 3. The first kappa shape index (κ1) is 14.1. The number of hydrogen-bond donors (Lipinski definition) is 2. The first-order valence-corrected chi connectivity index (χ1v) is 6.27. The Morgan fingerprint density at radius 1 is 1.25 bits per heavy atom. The lowest BCUT2D eigenvalue weighted by Crippen LogP contribution is -2.25. The van der Waals surface area contributed by atoms with E-state index in [2.05, 4.69) is 4.98 Å². The highest BCUT2D eigenvalue weighted by atomic mass is 16.5. The summed E-state index contributed by atoms with van der Waals surface area (Å²) in [7, 11) is 0.